The van der Waals surface area contributed by atoms with E-state index in [0.29, 0.717) is 18.6 Å². The van der Waals surface area contributed by atoms with Crippen LogP contribution in [0, 0.1) is 0 Å². The number of hydrogen-bond donors (Lipinski definition) is 1. The van der Waals surface area contributed by atoms with Crippen LogP contribution < -0.4 is 4.74 Å². The third-order valence-electron chi connectivity index (χ3n) is 4.04. The summed E-state index contributed by atoms with van der Waals surface area (Å²) in [6.07, 6.45) is 7.21. The van der Waals surface area contributed by atoms with E-state index in [2.05, 4.69) is 11.1 Å². The first kappa shape index (κ1) is 14.6. The normalized spacial score (nSPS) is 15.1. The Morgan fingerprint density at radius 3 is 3.00 bits per heavy atom. The van der Waals surface area contributed by atoms with Gasteiger partial charge in [0.2, 0.25) is 0 Å². The van der Waals surface area contributed by atoms with Crippen molar-refractivity contribution in [3.63, 3.8) is 0 Å². The van der Waals surface area contributed by atoms with Crippen LogP contribution in [0.1, 0.15) is 36.1 Å². The molecule has 1 N–H and O–H groups in total. The zero-order valence-corrected chi connectivity index (χ0v) is 12.3. The van der Waals surface area contributed by atoms with E-state index in [9.17, 15) is 9.90 Å². The van der Waals surface area contributed by atoms with Gasteiger partial charge in [-0.15, -0.1) is 0 Å². The van der Waals surface area contributed by atoms with Gasteiger partial charge in [0.1, 0.15) is 12.0 Å². The summed E-state index contributed by atoms with van der Waals surface area (Å²) in [5, 5.41) is 9.40. The van der Waals surface area contributed by atoms with E-state index in [1.54, 1.807) is 0 Å². The van der Waals surface area contributed by atoms with Gasteiger partial charge < -0.3 is 14.3 Å². The molecule has 1 atom stereocenters. The molecule has 0 saturated heterocycles. The van der Waals surface area contributed by atoms with E-state index < -0.39 is 12.1 Å². The van der Waals surface area contributed by atoms with E-state index in [4.69, 9.17) is 9.15 Å². The van der Waals surface area contributed by atoms with Gasteiger partial charge in [0.15, 0.2) is 12.5 Å². The van der Waals surface area contributed by atoms with Gasteiger partial charge >= 0.3 is 5.97 Å². The van der Waals surface area contributed by atoms with Crippen molar-refractivity contribution in [2.75, 3.05) is 0 Å². The molecule has 0 spiro atoms. The minimum absolute atomic E-state index is 0.367. The number of aromatic nitrogens is 1. The molecule has 0 radical (unpaired) electrons. The van der Waals surface area contributed by atoms with Crippen LogP contribution in [0.2, 0.25) is 0 Å². The van der Waals surface area contributed by atoms with E-state index in [-0.39, 0.29) is 0 Å². The summed E-state index contributed by atoms with van der Waals surface area (Å²) >= 11 is 0. The molecule has 0 bridgehead atoms. The van der Waals surface area contributed by atoms with Gasteiger partial charge in [-0.1, -0.05) is 12.1 Å². The summed E-state index contributed by atoms with van der Waals surface area (Å²) in [7, 11) is 0. The molecular weight excluding hydrogens is 282 g/mol. The summed E-state index contributed by atoms with van der Waals surface area (Å²) in [6.45, 7) is 0. The highest BCUT2D eigenvalue weighted by molar-refractivity contribution is 5.72. The molecule has 1 heterocycles. The molecule has 0 amide bonds. The average Bonchev–Trinajstić information content (AvgIpc) is 3.04. The number of carbonyl (C=O) groups is 1. The van der Waals surface area contributed by atoms with Crippen molar-refractivity contribution in [3.8, 4) is 5.75 Å². The Morgan fingerprint density at radius 1 is 1.36 bits per heavy atom. The number of rotatable bonds is 6. The smallest absolute Gasteiger partial charge is 0.344 e. The van der Waals surface area contributed by atoms with Gasteiger partial charge in [-0.25, -0.2) is 9.78 Å². The number of nitrogens with zero attached hydrogens (tertiary/aromatic N) is 1. The maximum atomic E-state index is 11.5. The Morgan fingerprint density at radius 2 is 2.23 bits per heavy atom. The molecule has 1 aromatic heterocycles. The molecule has 2 aromatic rings. The van der Waals surface area contributed by atoms with Crippen LogP contribution in [-0.2, 0) is 24.1 Å². The molecule has 1 aliphatic rings. The van der Waals surface area contributed by atoms with E-state index in [1.807, 2.05) is 12.1 Å². The summed E-state index contributed by atoms with van der Waals surface area (Å²) < 4.78 is 10.7. The van der Waals surface area contributed by atoms with Crippen LogP contribution in [-0.4, -0.2) is 22.2 Å². The maximum absolute atomic E-state index is 11.5. The highest BCUT2D eigenvalue weighted by Crippen LogP contribution is 2.30. The van der Waals surface area contributed by atoms with Crippen molar-refractivity contribution in [1.82, 2.24) is 4.98 Å². The van der Waals surface area contributed by atoms with Crippen LogP contribution in [0.3, 0.4) is 0 Å². The molecule has 1 aromatic carbocycles. The molecular formula is C17H19NO4. The third kappa shape index (κ3) is 3.30. The fraction of sp³-hybridized carbons (Fsp3) is 0.412. The Kier molecular flexibility index (Phi) is 4.42. The number of carboxylic acid groups (broad SMARTS) is 1. The summed E-state index contributed by atoms with van der Waals surface area (Å²) in [6, 6.07) is 5.92. The van der Waals surface area contributed by atoms with Gasteiger partial charge in [0.05, 0.1) is 5.69 Å². The third-order valence-corrected chi connectivity index (χ3v) is 4.04. The minimum atomic E-state index is -0.947. The lowest BCUT2D eigenvalue weighted by atomic mass is 9.91. The van der Waals surface area contributed by atoms with Gasteiger partial charge in [-0.2, -0.15) is 0 Å². The fourth-order valence-corrected chi connectivity index (χ4v) is 2.88. The fourth-order valence-electron chi connectivity index (χ4n) is 2.88. The predicted octanol–water partition coefficient (Wildman–Crippen LogP) is 3.02. The molecule has 5 heteroatoms. The number of aliphatic carboxylic acids is 1. The molecule has 0 aliphatic heterocycles. The van der Waals surface area contributed by atoms with Gasteiger partial charge in [0.25, 0.3) is 0 Å². The molecule has 0 saturated carbocycles. The van der Waals surface area contributed by atoms with Crippen LogP contribution in [0.25, 0.3) is 0 Å². The number of benzene rings is 1. The lowest BCUT2D eigenvalue weighted by Gasteiger charge is -2.22. The largest absolute Gasteiger partial charge is 0.479 e. The summed E-state index contributed by atoms with van der Waals surface area (Å²) in [5.41, 5.74) is 3.19. The quantitative estimate of drug-likeness (QED) is 0.888. The van der Waals surface area contributed by atoms with Gasteiger partial charge in [-0.05, 0) is 49.3 Å². The van der Waals surface area contributed by atoms with Gasteiger partial charge in [-0.3, -0.25) is 0 Å². The number of carboxylic acids is 1. The molecule has 3 rings (SSSR count). The van der Waals surface area contributed by atoms with E-state index >= 15 is 0 Å². The number of oxazole rings is 1. The Balaban J connectivity index is 1.72. The van der Waals surface area contributed by atoms with Crippen LogP contribution in [0.15, 0.2) is 35.3 Å². The monoisotopic (exact) mass is 301 g/mol. The molecule has 116 valence electrons. The number of hydrogen-bond acceptors (Lipinski definition) is 4. The maximum Gasteiger partial charge on any atom is 0.344 e. The van der Waals surface area contributed by atoms with Crippen molar-refractivity contribution in [1.29, 1.82) is 0 Å². The second kappa shape index (κ2) is 6.64. The molecule has 5 nitrogen and oxygen atoms in total. The molecule has 1 unspecified atom stereocenters. The Bertz CT molecular complexity index is 636. The lowest BCUT2D eigenvalue weighted by Crippen LogP contribution is -2.28. The number of ether oxygens (including phenoxy) is 1. The lowest BCUT2D eigenvalue weighted by molar-refractivity contribution is -0.145. The number of fused-ring (bicyclic) bond motifs is 1. The van der Waals surface area contributed by atoms with Crippen molar-refractivity contribution in [2.24, 2.45) is 0 Å². The van der Waals surface area contributed by atoms with Crippen LogP contribution in [0.5, 0.6) is 5.75 Å². The molecule has 1 aliphatic carbocycles. The first-order valence-corrected chi connectivity index (χ1v) is 7.61. The second-order valence-corrected chi connectivity index (χ2v) is 5.56. The first-order chi connectivity index (χ1) is 10.7. The molecule has 22 heavy (non-hydrogen) atoms. The Hall–Kier alpha value is -2.30. The van der Waals surface area contributed by atoms with Gasteiger partial charge in [0, 0.05) is 6.42 Å². The van der Waals surface area contributed by atoms with Crippen molar-refractivity contribution in [2.45, 2.75) is 44.6 Å². The molecule has 0 fully saturated rings. The van der Waals surface area contributed by atoms with Crippen molar-refractivity contribution in [3.05, 3.63) is 47.7 Å². The second-order valence-electron chi connectivity index (χ2n) is 5.56. The first-order valence-electron chi connectivity index (χ1n) is 7.61. The Labute approximate surface area is 128 Å². The summed E-state index contributed by atoms with van der Waals surface area (Å²) in [5.74, 6) is -0.235. The average molecular weight is 301 g/mol. The number of aryl methyl sites for hydroxylation is 2. The minimum Gasteiger partial charge on any atom is -0.479 e. The highest BCUT2D eigenvalue weighted by Gasteiger charge is 2.22. The standard InChI is InChI=1S/C17H19NO4/c19-17(20)16(9-8-13-10-21-11-18-13)22-15-7-3-5-12-4-1-2-6-14(12)15/h3,5,7,10-11,16H,1-2,4,6,8-9H2,(H,19,20). The topological polar surface area (TPSA) is 72.6 Å². The van der Waals surface area contributed by atoms with Crippen molar-refractivity contribution >= 4 is 5.97 Å². The zero-order chi connectivity index (χ0) is 15.4. The van der Waals surface area contributed by atoms with Crippen LogP contribution >= 0.6 is 0 Å². The van der Waals surface area contributed by atoms with Crippen molar-refractivity contribution < 1.29 is 19.1 Å². The predicted molar refractivity (Wildman–Crippen MR) is 80.0 cm³/mol. The highest BCUT2D eigenvalue weighted by atomic mass is 16.5. The van der Waals surface area contributed by atoms with E-state index in [1.165, 1.54) is 30.2 Å². The summed E-state index contributed by atoms with van der Waals surface area (Å²) in [4.78, 5) is 15.5. The SMILES string of the molecule is O=C(O)C(CCc1cocn1)Oc1cccc2c1CCCC2. The van der Waals surface area contributed by atoms with Crippen LogP contribution in [0.4, 0.5) is 0 Å². The van der Waals surface area contributed by atoms with E-state index in [0.717, 1.165) is 25.0 Å². The zero-order valence-electron chi connectivity index (χ0n) is 12.3.